The van der Waals surface area contributed by atoms with Crippen molar-refractivity contribution < 1.29 is 23.9 Å². The molecule has 8 heteroatoms. The topological polar surface area (TPSA) is 81.7 Å². The van der Waals surface area contributed by atoms with Gasteiger partial charge in [0.1, 0.15) is 6.04 Å². The predicted molar refractivity (Wildman–Crippen MR) is 126 cm³/mol. The Balaban J connectivity index is 1.29. The van der Waals surface area contributed by atoms with Crippen LogP contribution in [0.2, 0.25) is 0 Å². The summed E-state index contributed by atoms with van der Waals surface area (Å²) >= 11 is 4.21. The van der Waals surface area contributed by atoms with Gasteiger partial charge >= 0.3 is 11.9 Å². The van der Waals surface area contributed by atoms with Crippen molar-refractivity contribution in [2.75, 3.05) is 25.2 Å². The number of esters is 2. The molecule has 3 fully saturated rings. The standard InChI is InChI=1S/C24H31NO5S2/c1-29-23(28)20(12-16-6-3-2-4-7-16)25-21(26)15-30-22(27)17-13-18-8-5-9-19(14-17)24(18)31-10-11-32-24/h2-4,6-7,17-20H,5,8-15H2,1H3,(H,25,26)/t17?,18-,19+,20-/m1/s1. The molecule has 1 unspecified atom stereocenters. The Kier molecular flexibility index (Phi) is 7.71. The lowest BCUT2D eigenvalue weighted by molar-refractivity contribution is -0.155. The Hall–Kier alpha value is -1.67. The molecule has 1 aromatic carbocycles. The highest BCUT2D eigenvalue weighted by atomic mass is 32.2. The number of methoxy groups -OCH3 is 1. The third-order valence-corrected chi connectivity index (χ3v) is 10.9. The van der Waals surface area contributed by atoms with Crippen molar-refractivity contribution in [1.82, 2.24) is 5.32 Å². The molecular weight excluding hydrogens is 446 g/mol. The molecule has 2 bridgehead atoms. The maximum absolute atomic E-state index is 12.8. The van der Waals surface area contributed by atoms with Gasteiger partial charge in [0.2, 0.25) is 0 Å². The molecular formula is C24H31NO5S2. The molecule has 1 N–H and O–H groups in total. The normalized spacial score (nSPS) is 26.8. The van der Waals surface area contributed by atoms with E-state index >= 15 is 0 Å². The van der Waals surface area contributed by atoms with E-state index in [0.29, 0.717) is 22.3 Å². The predicted octanol–water partition coefficient (Wildman–Crippen LogP) is 3.43. The molecule has 1 saturated heterocycles. The van der Waals surface area contributed by atoms with E-state index in [9.17, 15) is 14.4 Å². The van der Waals surface area contributed by atoms with E-state index in [4.69, 9.17) is 9.47 Å². The summed E-state index contributed by atoms with van der Waals surface area (Å²) in [5.41, 5.74) is 0.908. The van der Waals surface area contributed by atoms with Crippen LogP contribution in [0.3, 0.4) is 0 Å². The van der Waals surface area contributed by atoms with Crippen LogP contribution in [0.4, 0.5) is 0 Å². The van der Waals surface area contributed by atoms with E-state index in [1.54, 1.807) is 0 Å². The maximum Gasteiger partial charge on any atom is 0.328 e. The zero-order valence-electron chi connectivity index (χ0n) is 18.4. The van der Waals surface area contributed by atoms with Crippen LogP contribution in [0.5, 0.6) is 0 Å². The first kappa shape index (κ1) is 23.5. The van der Waals surface area contributed by atoms with Gasteiger partial charge in [0.15, 0.2) is 6.61 Å². The summed E-state index contributed by atoms with van der Waals surface area (Å²) in [6.45, 7) is -0.373. The van der Waals surface area contributed by atoms with Crippen molar-refractivity contribution in [3.05, 3.63) is 35.9 Å². The molecule has 1 aliphatic heterocycles. The summed E-state index contributed by atoms with van der Waals surface area (Å²) < 4.78 is 10.5. The summed E-state index contributed by atoms with van der Waals surface area (Å²) in [5, 5.41) is 2.66. The van der Waals surface area contributed by atoms with E-state index in [1.165, 1.54) is 37.9 Å². The van der Waals surface area contributed by atoms with Gasteiger partial charge in [-0.15, -0.1) is 23.5 Å². The van der Waals surface area contributed by atoms with Gasteiger partial charge in [-0.05, 0) is 43.1 Å². The average molecular weight is 478 g/mol. The molecule has 4 atom stereocenters. The number of carbonyl (C=O) groups is 3. The Labute approximate surface area is 197 Å². The van der Waals surface area contributed by atoms with Gasteiger partial charge in [-0.1, -0.05) is 36.8 Å². The molecule has 0 radical (unpaired) electrons. The number of rotatable bonds is 7. The first-order valence-corrected chi connectivity index (χ1v) is 13.3. The van der Waals surface area contributed by atoms with E-state index in [2.05, 4.69) is 28.8 Å². The Morgan fingerprint density at radius 1 is 1.09 bits per heavy atom. The van der Waals surface area contributed by atoms with Crippen LogP contribution in [0.25, 0.3) is 0 Å². The highest BCUT2D eigenvalue weighted by Gasteiger charge is 2.55. The van der Waals surface area contributed by atoms with Gasteiger partial charge in [0.25, 0.3) is 5.91 Å². The Morgan fingerprint density at radius 3 is 2.38 bits per heavy atom. The van der Waals surface area contributed by atoms with Gasteiger partial charge < -0.3 is 14.8 Å². The minimum absolute atomic E-state index is 0.133. The molecule has 6 nitrogen and oxygen atoms in total. The summed E-state index contributed by atoms with van der Waals surface area (Å²) in [4.78, 5) is 37.4. The molecule has 3 aliphatic rings. The van der Waals surface area contributed by atoms with Crippen LogP contribution in [-0.4, -0.2) is 53.2 Å². The van der Waals surface area contributed by atoms with Gasteiger partial charge in [0.05, 0.1) is 17.1 Å². The van der Waals surface area contributed by atoms with E-state index in [1.807, 2.05) is 30.3 Å². The van der Waals surface area contributed by atoms with Crippen LogP contribution in [0, 0.1) is 17.8 Å². The lowest BCUT2D eigenvalue weighted by Crippen LogP contribution is -2.48. The van der Waals surface area contributed by atoms with E-state index in [0.717, 1.165) is 18.4 Å². The SMILES string of the molecule is COC(=O)[C@@H](Cc1ccccc1)NC(=O)COC(=O)C1C[C@H]2CCC[C@@H](C1)C21SCCS1. The lowest BCUT2D eigenvalue weighted by atomic mass is 9.67. The molecule has 0 aromatic heterocycles. The lowest BCUT2D eigenvalue weighted by Gasteiger charge is -2.51. The fourth-order valence-electron chi connectivity index (χ4n) is 5.48. The summed E-state index contributed by atoms with van der Waals surface area (Å²) in [6, 6.07) is 8.59. The molecule has 1 spiro atoms. The average Bonchev–Trinajstić information content (AvgIpc) is 3.26. The number of carbonyl (C=O) groups excluding carboxylic acids is 3. The Bertz CT molecular complexity index is 811. The molecule has 1 aromatic rings. The molecule has 2 saturated carbocycles. The maximum atomic E-state index is 12.8. The minimum atomic E-state index is -0.820. The fraction of sp³-hybridized carbons (Fsp3) is 0.625. The second-order valence-corrected chi connectivity index (χ2v) is 11.9. The van der Waals surface area contributed by atoms with Crippen molar-refractivity contribution in [3.63, 3.8) is 0 Å². The minimum Gasteiger partial charge on any atom is -0.467 e. The van der Waals surface area contributed by atoms with E-state index < -0.39 is 17.9 Å². The summed E-state index contributed by atoms with van der Waals surface area (Å²) in [5.74, 6) is 2.09. The van der Waals surface area contributed by atoms with Crippen molar-refractivity contribution in [2.24, 2.45) is 17.8 Å². The number of nitrogens with one attached hydrogen (secondary N) is 1. The first-order chi connectivity index (χ1) is 15.5. The molecule has 4 rings (SSSR count). The fourth-order valence-corrected chi connectivity index (χ4v) is 9.41. The number of thioether (sulfide) groups is 2. The molecule has 1 heterocycles. The molecule has 1 amide bonds. The monoisotopic (exact) mass is 477 g/mol. The zero-order chi connectivity index (χ0) is 22.6. The Morgan fingerprint density at radius 2 is 1.75 bits per heavy atom. The number of benzene rings is 1. The third kappa shape index (κ3) is 5.11. The van der Waals surface area contributed by atoms with Crippen molar-refractivity contribution in [1.29, 1.82) is 0 Å². The highest BCUT2D eigenvalue weighted by Crippen LogP contribution is 2.64. The number of ether oxygens (including phenoxy) is 2. The summed E-state index contributed by atoms with van der Waals surface area (Å²) in [6.07, 6.45) is 5.64. The van der Waals surface area contributed by atoms with Gasteiger partial charge in [-0.2, -0.15) is 0 Å². The zero-order valence-corrected chi connectivity index (χ0v) is 20.1. The van der Waals surface area contributed by atoms with Gasteiger partial charge in [0, 0.05) is 17.9 Å². The van der Waals surface area contributed by atoms with E-state index in [-0.39, 0.29) is 18.5 Å². The van der Waals surface area contributed by atoms with Gasteiger partial charge in [-0.25, -0.2) is 4.79 Å². The number of hydrogen-bond donors (Lipinski definition) is 1. The second kappa shape index (κ2) is 10.5. The third-order valence-electron chi connectivity index (χ3n) is 6.90. The first-order valence-electron chi connectivity index (χ1n) is 11.4. The van der Waals surface area contributed by atoms with Crippen LogP contribution in [0.1, 0.15) is 37.7 Å². The van der Waals surface area contributed by atoms with Gasteiger partial charge in [-0.3, -0.25) is 9.59 Å². The van der Waals surface area contributed by atoms with Crippen molar-refractivity contribution >= 4 is 41.4 Å². The second-order valence-electron chi connectivity index (χ2n) is 8.85. The molecule has 2 aliphatic carbocycles. The highest BCUT2D eigenvalue weighted by molar-refractivity contribution is 8.21. The van der Waals surface area contributed by atoms with Crippen molar-refractivity contribution in [2.45, 2.75) is 48.6 Å². The van der Waals surface area contributed by atoms with Crippen LogP contribution < -0.4 is 5.32 Å². The number of hydrogen-bond acceptors (Lipinski definition) is 7. The van der Waals surface area contributed by atoms with Crippen LogP contribution in [-0.2, 0) is 30.3 Å². The van der Waals surface area contributed by atoms with Crippen LogP contribution >= 0.6 is 23.5 Å². The van der Waals surface area contributed by atoms with Crippen LogP contribution in [0.15, 0.2) is 30.3 Å². The van der Waals surface area contributed by atoms with Crippen molar-refractivity contribution in [3.8, 4) is 0 Å². The molecule has 174 valence electrons. The quantitative estimate of drug-likeness (QED) is 0.603. The molecule has 32 heavy (non-hydrogen) atoms. The smallest absolute Gasteiger partial charge is 0.328 e. The number of amides is 1. The largest absolute Gasteiger partial charge is 0.467 e. The summed E-state index contributed by atoms with van der Waals surface area (Å²) in [7, 11) is 1.29.